The van der Waals surface area contributed by atoms with Gasteiger partial charge >= 0.3 is 6.09 Å². The van der Waals surface area contributed by atoms with Gasteiger partial charge in [0.05, 0.1) is 11.0 Å². The molecule has 0 unspecified atom stereocenters. The van der Waals surface area contributed by atoms with Crippen molar-refractivity contribution in [2.24, 2.45) is 0 Å². The van der Waals surface area contributed by atoms with Gasteiger partial charge in [-0.3, -0.25) is 4.98 Å². The summed E-state index contributed by atoms with van der Waals surface area (Å²) >= 11 is 0. The molecule has 7 heteroatoms. The molecule has 0 saturated carbocycles. The Morgan fingerprint density at radius 2 is 1.90 bits per heavy atom. The first-order chi connectivity index (χ1) is 9.99. The first-order valence-corrected chi connectivity index (χ1v) is 8.79. The average Bonchev–Trinajstić information content (AvgIpc) is 2.48. The summed E-state index contributed by atoms with van der Waals surface area (Å²) in [4.78, 5) is 16.0. The number of carboxylic acid groups (broad SMARTS) is 1. The van der Waals surface area contributed by atoms with Crippen LogP contribution in [0.3, 0.4) is 0 Å². The van der Waals surface area contributed by atoms with E-state index in [9.17, 15) is 13.2 Å². The largest absolute Gasteiger partial charge is 0.465 e. The molecule has 1 amide bonds. The number of hydrogen-bond donors (Lipinski definition) is 1. The molecule has 2 heterocycles. The quantitative estimate of drug-likeness (QED) is 0.891. The predicted molar refractivity (Wildman–Crippen MR) is 79.0 cm³/mol. The molecule has 1 aromatic heterocycles. The van der Waals surface area contributed by atoms with E-state index in [-0.39, 0.29) is 5.75 Å². The van der Waals surface area contributed by atoms with E-state index in [0.717, 1.165) is 12.0 Å². The Morgan fingerprint density at radius 3 is 2.48 bits per heavy atom. The lowest BCUT2D eigenvalue weighted by atomic mass is 10.1. The molecule has 116 valence electrons. The van der Waals surface area contributed by atoms with Crippen molar-refractivity contribution in [3.63, 3.8) is 0 Å². The molecule has 1 fully saturated rings. The second-order valence-electron chi connectivity index (χ2n) is 5.29. The van der Waals surface area contributed by atoms with Crippen molar-refractivity contribution >= 4 is 15.9 Å². The van der Waals surface area contributed by atoms with E-state index in [1.54, 1.807) is 12.4 Å². The maximum Gasteiger partial charge on any atom is 0.407 e. The first-order valence-electron chi connectivity index (χ1n) is 7.07. The molecule has 2 rings (SSSR count). The number of likely N-dealkylation sites (tertiary alicyclic amines) is 1. The lowest BCUT2D eigenvalue weighted by Crippen LogP contribution is -2.42. The fourth-order valence-electron chi connectivity index (χ4n) is 2.60. The SMILES string of the molecule is O=C(O)N1CCC(S(=O)(=O)CCCc2ccncc2)CC1. The molecule has 0 radical (unpaired) electrons. The van der Waals surface area contributed by atoms with Gasteiger partial charge in [0.1, 0.15) is 0 Å². The van der Waals surface area contributed by atoms with Gasteiger partial charge in [-0.25, -0.2) is 13.2 Å². The fourth-order valence-corrected chi connectivity index (χ4v) is 4.41. The third kappa shape index (κ3) is 4.42. The van der Waals surface area contributed by atoms with Crippen LogP contribution in [0.4, 0.5) is 4.79 Å². The monoisotopic (exact) mass is 312 g/mol. The highest BCUT2D eigenvalue weighted by Crippen LogP contribution is 2.19. The van der Waals surface area contributed by atoms with Gasteiger partial charge in [-0.05, 0) is 43.4 Å². The number of carbonyl (C=O) groups is 1. The third-order valence-corrected chi connectivity index (χ3v) is 6.21. The zero-order valence-electron chi connectivity index (χ0n) is 11.8. The Bertz CT molecular complexity index is 566. The Hall–Kier alpha value is -1.63. The van der Waals surface area contributed by atoms with Crippen LogP contribution < -0.4 is 0 Å². The summed E-state index contributed by atoms with van der Waals surface area (Å²) in [6.07, 6.45) is 4.55. The maximum absolute atomic E-state index is 12.3. The minimum Gasteiger partial charge on any atom is -0.465 e. The van der Waals surface area contributed by atoms with Crippen LogP contribution in [-0.4, -0.2) is 53.6 Å². The van der Waals surface area contributed by atoms with Gasteiger partial charge in [0.2, 0.25) is 0 Å². The van der Waals surface area contributed by atoms with Crippen LogP contribution in [0.5, 0.6) is 0 Å². The number of rotatable bonds is 5. The van der Waals surface area contributed by atoms with Crippen molar-refractivity contribution in [3.8, 4) is 0 Å². The molecule has 0 spiro atoms. The standard InChI is InChI=1S/C14H20N2O4S/c17-14(18)16-9-5-13(6-10-16)21(19,20)11-1-2-12-3-7-15-8-4-12/h3-4,7-8,13H,1-2,5-6,9-11H2,(H,17,18). The molecule has 0 aliphatic carbocycles. The van der Waals surface area contributed by atoms with Crippen LogP contribution in [0.1, 0.15) is 24.8 Å². The highest BCUT2D eigenvalue weighted by Gasteiger charge is 2.30. The Labute approximate surface area is 124 Å². The molecule has 0 atom stereocenters. The zero-order chi connectivity index (χ0) is 15.3. The number of amides is 1. The summed E-state index contributed by atoms with van der Waals surface area (Å²) < 4.78 is 24.5. The lowest BCUT2D eigenvalue weighted by molar-refractivity contribution is 0.136. The smallest absolute Gasteiger partial charge is 0.407 e. The molecule has 1 saturated heterocycles. The molecule has 1 aromatic rings. The highest BCUT2D eigenvalue weighted by atomic mass is 32.2. The van der Waals surface area contributed by atoms with Crippen LogP contribution in [0.15, 0.2) is 24.5 Å². The van der Waals surface area contributed by atoms with Gasteiger partial charge in [0.15, 0.2) is 9.84 Å². The number of sulfone groups is 1. The number of piperidine rings is 1. The summed E-state index contributed by atoms with van der Waals surface area (Å²) in [7, 11) is -3.14. The average molecular weight is 312 g/mol. The lowest BCUT2D eigenvalue weighted by Gasteiger charge is -2.29. The summed E-state index contributed by atoms with van der Waals surface area (Å²) in [6.45, 7) is 0.618. The van der Waals surface area contributed by atoms with E-state index in [0.29, 0.717) is 32.4 Å². The summed E-state index contributed by atoms with van der Waals surface area (Å²) in [5.41, 5.74) is 1.08. The van der Waals surface area contributed by atoms with E-state index in [1.165, 1.54) is 4.90 Å². The predicted octanol–water partition coefficient (Wildman–Crippen LogP) is 1.57. The Morgan fingerprint density at radius 1 is 1.29 bits per heavy atom. The van der Waals surface area contributed by atoms with E-state index in [2.05, 4.69) is 4.98 Å². The van der Waals surface area contributed by atoms with Crippen LogP contribution in [-0.2, 0) is 16.3 Å². The summed E-state index contributed by atoms with van der Waals surface area (Å²) in [5, 5.41) is 8.47. The van der Waals surface area contributed by atoms with Crippen molar-refractivity contribution in [2.75, 3.05) is 18.8 Å². The van der Waals surface area contributed by atoms with E-state index >= 15 is 0 Å². The molecule has 21 heavy (non-hydrogen) atoms. The highest BCUT2D eigenvalue weighted by molar-refractivity contribution is 7.92. The number of hydrogen-bond acceptors (Lipinski definition) is 4. The summed E-state index contributed by atoms with van der Waals surface area (Å²) in [5.74, 6) is 0.160. The molecule has 1 aliphatic rings. The van der Waals surface area contributed by atoms with Gasteiger partial charge in [-0.15, -0.1) is 0 Å². The minimum atomic E-state index is -3.14. The molecular weight excluding hydrogens is 292 g/mol. The van der Waals surface area contributed by atoms with Gasteiger partial charge in [0.25, 0.3) is 0 Å². The van der Waals surface area contributed by atoms with Gasteiger partial charge in [-0.1, -0.05) is 0 Å². The molecule has 1 aliphatic heterocycles. The van der Waals surface area contributed by atoms with Crippen LogP contribution >= 0.6 is 0 Å². The van der Waals surface area contributed by atoms with Crippen LogP contribution in [0.2, 0.25) is 0 Å². The molecule has 6 nitrogen and oxygen atoms in total. The van der Waals surface area contributed by atoms with Crippen molar-refractivity contribution < 1.29 is 18.3 Å². The molecule has 0 aromatic carbocycles. The molecule has 1 N–H and O–H groups in total. The van der Waals surface area contributed by atoms with Crippen molar-refractivity contribution in [2.45, 2.75) is 30.9 Å². The first kappa shape index (κ1) is 15.8. The van der Waals surface area contributed by atoms with Crippen LogP contribution in [0, 0.1) is 0 Å². The van der Waals surface area contributed by atoms with E-state index < -0.39 is 21.2 Å². The number of aryl methyl sites for hydroxylation is 1. The number of aromatic nitrogens is 1. The number of nitrogens with zero attached hydrogens (tertiary/aromatic N) is 2. The second-order valence-corrected chi connectivity index (χ2v) is 7.70. The summed E-state index contributed by atoms with van der Waals surface area (Å²) in [6, 6.07) is 3.77. The van der Waals surface area contributed by atoms with Crippen molar-refractivity contribution in [3.05, 3.63) is 30.1 Å². The topological polar surface area (TPSA) is 87.6 Å². The van der Waals surface area contributed by atoms with Crippen molar-refractivity contribution in [1.29, 1.82) is 0 Å². The molecular formula is C14H20N2O4S. The zero-order valence-corrected chi connectivity index (χ0v) is 12.6. The minimum absolute atomic E-state index is 0.160. The maximum atomic E-state index is 12.3. The Balaban J connectivity index is 1.81. The number of pyridine rings is 1. The van der Waals surface area contributed by atoms with Gasteiger partial charge in [0, 0.05) is 25.5 Å². The van der Waals surface area contributed by atoms with Gasteiger partial charge < -0.3 is 10.0 Å². The second kappa shape index (κ2) is 6.89. The van der Waals surface area contributed by atoms with E-state index in [1.807, 2.05) is 12.1 Å². The normalized spacial score (nSPS) is 16.9. The third-order valence-electron chi connectivity index (χ3n) is 3.86. The van der Waals surface area contributed by atoms with E-state index in [4.69, 9.17) is 5.11 Å². The van der Waals surface area contributed by atoms with Crippen LogP contribution in [0.25, 0.3) is 0 Å². The van der Waals surface area contributed by atoms with Gasteiger partial charge in [-0.2, -0.15) is 0 Å². The van der Waals surface area contributed by atoms with Crippen molar-refractivity contribution in [1.82, 2.24) is 9.88 Å². The fraction of sp³-hybridized carbons (Fsp3) is 0.571. The molecule has 0 bridgehead atoms. The Kier molecular flexibility index (Phi) is 5.17.